The molecule has 0 radical (unpaired) electrons. The van der Waals surface area contributed by atoms with Gasteiger partial charge in [0.2, 0.25) is 5.28 Å². The Labute approximate surface area is 149 Å². The van der Waals surface area contributed by atoms with Crippen LogP contribution in [0.3, 0.4) is 0 Å². The van der Waals surface area contributed by atoms with Crippen LogP contribution in [0.25, 0.3) is 16.5 Å². The van der Waals surface area contributed by atoms with Gasteiger partial charge < -0.3 is 0 Å². The van der Waals surface area contributed by atoms with Gasteiger partial charge in [-0.05, 0) is 46.2 Å². The highest BCUT2D eigenvalue weighted by Gasteiger charge is 2.31. The van der Waals surface area contributed by atoms with Crippen molar-refractivity contribution in [2.75, 3.05) is 0 Å². The summed E-state index contributed by atoms with van der Waals surface area (Å²) < 4.78 is 0. The van der Waals surface area contributed by atoms with E-state index in [1.54, 1.807) is 0 Å². The number of nitrogens with zero attached hydrogens (tertiary/aromatic N) is 2. The van der Waals surface area contributed by atoms with E-state index in [0.29, 0.717) is 11.2 Å². The van der Waals surface area contributed by atoms with Crippen molar-refractivity contribution in [1.82, 2.24) is 9.97 Å². The van der Waals surface area contributed by atoms with E-state index in [1.807, 2.05) is 30.0 Å². The van der Waals surface area contributed by atoms with Crippen LogP contribution in [0, 0.1) is 0 Å². The Kier molecular flexibility index (Phi) is 3.25. The largest absolute Gasteiger partial charge is 0.223 e. The van der Waals surface area contributed by atoms with Crippen LogP contribution in [-0.4, -0.2) is 9.97 Å². The fourth-order valence-corrected chi connectivity index (χ4v) is 4.91. The summed E-state index contributed by atoms with van der Waals surface area (Å²) in [6.45, 7) is 0. The number of aromatic nitrogens is 2. The van der Waals surface area contributed by atoms with Crippen LogP contribution in [0.2, 0.25) is 5.28 Å². The Morgan fingerprint density at radius 3 is 2.75 bits per heavy atom. The fourth-order valence-electron chi connectivity index (χ4n) is 3.51. The molecule has 24 heavy (non-hydrogen) atoms. The maximum Gasteiger partial charge on any atom is 0.223 e. The molecule has 0 amide bonds. The molecule has 2 aromatic carbocycles. The van der Waals surface area contributed by atoms with E-state index in [0.717, 1.165) is 23.0 Å². The van der Waals surface area contributed by atoms with Crippen LogP contribution in [0.1, 0.15) is 23.6 Å². The number of allylic oxidation sites excluding steroid dienone is 4. The number of thioether (sulfide) groups is 1. The quantitative estimate of drug-likeness (QED) is 0.516. The van der Waals surface area contributed by atoms with Crippen LogP contribution in [-0.2, 0) is 0 Å². The van der Waals surface area contributed by atoms with Crippen molar-refractivity contribution in [3.63, 3.8) is 0 Å². The third-order valence-electron chi connectivity index (χ3n) is 4.62. The molecule has 116 valence electrons. The van der Waals surface area contributed by atoms with Gasteiger partial charge >= 0.3 is 0 Å². The predicted molar refractivity (Wildman–Crippen MR) is 100 cm³/mol. The van der Waals surface area contributed by atoms with Gasteiger partial charge in [-0.1, -0.05) is 60.3 Å². The molecule has 1 unspecified atom stereocenters. The van der Waals surface area contributed by atoms with Gasteiger partial charge in [0, 0.05) is 16.2 Å². The summed E-state index contributed by atoms with van der Waals surface area (Å²) in [4.78, 5) is 11.7. The monoisotopic (exact) mass is 348 g/mol. The van der Waals surface area contributed by atoms with Gasteiger partial charge in [-0.15, -0.1) is 0 Å². The van der Waals surface area contributed by atoms with Gasteiger partial charge in [0.1, 0.15) is 0 Å². The maximum absolute atomic E-state index is 6.17. The Balaban J connectivity index is 1.63. The summed E-state index contributed by atoms with van der Waals surface area (Å²) in [5, 5.41) is 1.37. The molecule has 0 fully saturated rings. The smallest absolute Gasteiger partial charge is 0.218 e. The molecule has 0 N–H and O–H groups in total. The molecule has 2 nitrogen and oxygen atoms in total. The van der Waals surface area contributed by atoms with Crippen LogP contribution in [0.4, 0.5) is 0 Å². The highest BCUT2D eigenvalue weighted by Crippen LogP contribution is 2.53. The minimum atomic E-state index is 0.306. The molecule has 1 aliphatic heterocycles. The number of hydrogen-bond acceptors (Lipinski definition) is 3. The number of hydrogen-bond donors (Lipinski definition) is 0. The highest BCUT2D eigenvalue weighted by molar-refractivity contribution is 8.03. The van der Waals surface area contributed by atoms with E-state index in [1.165, 1.54) is 20.9 Å². The summed E-state index contributed by atoms with van der Waals surface area (Å²) in [6, 6.07) is 16.7. The minimum absolute atomic E-state index is 0.306. The third-order valence-corrected chi connectivity index (χ3v) is 6.04. The Hall–Kier alpha value is -2.10. The fraction of sp³-hybridized carbons (Fsp3) is 0.100. The van der Waals surface area contributed by atoms with Crippen molar-refractivity contribution in [3.8, 4) is 0 Å². The number of benzene rings is 2. The van der Waals surface area contributed by atoms with Crippen LogP contribution >= 0.6 is 23.4 Å². The lowest BCUT2D eigenvalue weighted by molar-refractivity contribution is 0.847. The van der Waals surface area contributed by atoms with Crippen LogP contribution in [0.15, 0.2) is 70.5 Å². The Morgan fingerprint density at radius 1 is 0.958 bits per heavy atom. The molecule has 0 saturated carbocycles. The number of fused-ring (bicyclic) bond motifs is 4. The SMILES string of the molecule is Clc1nc(C2=CC=C3Sc4ccccc4C3C2)c2ccccc2n1. The van der Waals surface area contributed by atoms with Crippen molar-refractivity contribution >= 4 is 39.8 Å². The molecule has 2 heterocycles. The molecule has 0 spiro atoms. The number of rotatable bonds is 1. The Morgan fingerprint density at radius 2 is 1.79 bits per heavy atom. The molecule has 1 aromatic heterocycles. The first kappa shape index (κ1) is 14.3. The van der Waals surface area contributed by atoms with Crippen LogP contribution < -0.4 is 0 Å². The zero-order valence-corrected chi connectivity index (χ0v) is 14.3. The van der Waals surface area contributed by atoms with Crippen molar-refractivity contribution in [3.05, 3.63) is 82.1 Å². The summed E-state index contributed by atoms with van der Waals surface area (Å²) in [6.07, 6.45) is 5.38. The summed E-state index contributed by atoms with van der Waals surface area (Å²) >= 11 is 8.05. The van der Waals surface area contributed by atoms with E-state index in [9.17, 15) is 0 Å². The van der Waals surface area contributed by atoms with Gasteiger partial charge in [-0.3, -0.25) is 0 Å². The summed E-state index contributed by atoms with van der Waals surface area (Å²) in [5.41, 5.74) is 4.49. The first-order chi connectivity index (χ1) is 11.8. The predicted octanol–water partition coefficient (Wildman–Crippen LogP) is 5.84. The molecule has 0 saturated heterocycles. The molecule has 1 atom stereocenters. The second-order valence-electron chi connectivity index (χ2n) is 6.02. The second kappa shape index (κ2) is 5.47. The first-order valence-corrected chi connectivity index (χ1v) is 9.09. The first-order valence-electron chi connectivity index (χ1n) is 7.90. The molecule has 4 heteroatoms. The second-order valence-corrected chi connectivity index (χ2v) is 7.47. The molecule has 3 aromatic rings. The summed E-state index contributed by atoms with van der Waals surface area (Å²) in [7, 11) is 0. The Bertz CT molecular complexity index is 1040. The van der Waals surface area contributed by atoms with Crippen molar-refractivity contribution in [2.24, 2.45) is 0 Å². The lowest BCUT2D eigenvalue weighted by Crippen LogP contribution is -2.04. The lowest BCUT2D eigenvalue weighted by Gasteiger charge is -2.20. The van der Waals surface area contributed by atoms with E-state index >= 15 is 0 Å². The van der Waals surface area contributed by atoms with E-state index in [4.69, 9.17) is 11.6 Å². The van der Waals surface area contributed by atoms with Gasteiger partial charge in [-0.25, -0.2) is 9.97 Å². The van der Waals surface area contributed by atoms with E-state index < -0.39 is 0 Å². The normalized spacial score (nSPS) is 18.8. The van der Waals surface area contributed by atoms with Crippen molar-refractivity contribution < 1.29 is 0 Å². The molecule has 0 bridgehead atoms. The number of para-hydroxylation sites is 1. The standard InChI is InChI=1S/C20H13ClN2S/c21-20-22-16-7-3-1-6-14(16)19(23-20)12-9-10-18-15(11-12)13-5-2-4-8-17(13)24-18/h1-10,15H,11H2. The molecular weight excluding hydrogens is 336 g/mol. The molecule has 5 rings (SSSR count). The van der Waals surface area contributed by atoms with E-state index in [-0.39, 0.29) is 0 Å². The number of halogens is 1. The van der Waals surface area contributed by atoms with Gasteiger partial charge in [0.25, 0.3) is 0 Å². The molecular formula is C20H13ClN2S. The van der Waals surface area contributed by atoms with Gasteiger partial charge in [0.05, 0.1) is 11.2 Å². The van der Waals surface area contributed by atoms with Gasteiger partial charge in [-0.2, -0.15) is 0 Å². The topological polar surface area (TPSA) is 25.8 Å². The zero-order chi connectivity index (χ0) is 16.1. The molecule has 2 aliphatic rings. The summed E-state index contributed by atoms with van der Waals surface area (Å²) in [5.74, 6) is 0.429. The zero-order valence-electron chi connectivity index (χ0n) is 12.7. The van der Waals surface area contributed by atoms with Gasteiger partial charge in [0.15, 0.2) is 0 Å². The van der Waals surface area contributed by atoms with Crippen molar-refractivity contribution in [1.29, 1.82) is 0 Å². The van der Waals surface area contributed by atoms with Crippen molar-refractivity contribution in [2.45, 2.75) is 17.2 Å². The lowest BCUT2D eigenvalue weighted by atomic mass is 9.86. The maximum atomic E-state index is 6.17. The average molecular weight is 349 g/mol. The highest BCUT2D eigenvalue weighted by atomic mass is 35.5. The third kappa shape index (κ3) is 2.20. The average Bonchev–Trinajstić information content (AvgIpc) is 2.99. The van der Waals surface area contributed by atoms with Crippen LogP contribution in [0.5, 0.6) is 0 Å². The molecule has 1 aliphatic carbocycles. The van der Waals surface area contributed by atoms with E-state index in [2.05, 4.69) is 52.5 Å². The minimum Gasteiger partial charge on any atom is -0.218 e.